The first-order valence-electron chi connectivity index (χ1n) is 10.6. The highest BCUT2D eigenvalue weighted by Crippen LogP contribution is 2.30. The molecule has 1 saturated heterocycles. The minimum absolute atomic E-state index is 0.0737. The quantitative estimate of drug-likeness (QED) is 0.622. The SMILES string of the molecule is O=C(Nc1ccc2c(c1)CCC(C(=O)NOC1CCCCO1)O2)OCc1ccccc1Cl. The van der Waals surface area contributed by atoms with E-state index < -0.39 is 18.5 Å². The summed E-state index contributed by atoms with van der Waals surface area (Å²) in [6, 6.07) is 12.4. The molecule has 2 unspecified atom stereocenters. The van der Waals surface area contributed by atoms with E-state index in [1.807, 2.05) is 18.2 Å². The van der Waals surface area contributed by atoms with Gasteiger partial charge in [-0.2, -0.15) is 0 Å². The topological polar surface area (TPSA) is 95.1 Å². The Hall–Kier alpha value is -2.81. The van der Waals surface area contributed by atoms with Crippen molar-refractivity contribution in [3.63, 3.8) is 0 Å². The second kappa shape index (κ2) is 10.7. The molecule has 2 atom stereocenters. The molecule has 0 spiro atoms. The maximum absolute atomic E-state index is 12.4. The highest BCUT2D eigenvalue weighted by molar-refractivity contribution is 6.31. The lowest BCUT2D eigenvalue weighted by Crippen LogP contribution is -2.42. The Kier molecular flexibility index (Phi) is 7.47. The molecule has 2 aromatic carbocycles. The van der Waals surface area contributed by atoms with Gasteiger partial charge in [0.25, 0.3) is 5.91 Å². The molecule has 4 rings (SSSR count). The summed E-state index contributed by atoms with van der Waals surface area (Å²) in [5.41, 5.74) is 4.66. The number of aryl methyl sites for hydroxylation is 1. The van der Waals surface area contributed by atoms with Gasteiger partial charge in [0.15, 0.2) is 12.4 Å². The minimum Gasteiger partial charge on any atom is -0.480 e. The minimum atomic E-state index is -0.648. The summed E-state index contributed by atoms with van der Waals surface area (Å²) >= 11 is 6.07. The summed E-state index contributed by atoms with van der Waals surface area (Å²) < 4.78 is 16.5. The van der Waals surface area contributed by atoms with Gasteiger partial charge in [-0.25, -0.2) is 15.1 Å². The molecular weight excluding hydrogens is 436 g/mol. The van der Waals surface area contributed by atoms with Crippen LogP contribution in [0.25, 0.3) is 0 Å². The van der Waals surface area contributed by atoms with E-state index in [1.54, 1.807) is 24.3 Å². The van der Waals surface area contributed by atoms with Crippen LogP contribution in [0.4, 0.5) is 10.5 Å². The number of amides is 2. The predicted octanol–water partition coefficient (Wildman–Crippen LogP) is 4.36. The van der Waals surface area contributed by atoms with Crippen molar-refractivity contribution < 1.29 is 28.6 Å². The molecular formula is C23H25ClN2O6. The van der Waals surface area contributed by atoms with Crippen LogP contribution in [-0.4, -0.2) is 31.0 Å². The first kappa shape index (κ1) is 22.4. The number of halogens is 1. The summed E-state index contributed by atoms with van der Waals surface area (Å²) in [6.07, 6.45) is 2.25. The number of ether oxygens (including phenoxy) is 3. The lowest BCUT2D eigenvalue weighted by atomic mass is 10.0. The maximum atomic E-state index is 12.4. The van der Waals surface area contributed by atoms with Crippen LogP contribution in [0.1, 0.15) is 36.8 Å². The van der Waals surface area contributed by atoms with Crippen molar-refractivity contribution in [2.45, 2.75) is 51.1 Å². The molecule has 1 fully saturated rings. The van der Waals surface area contributed by atoms with Crippen LogP contribution in [0.5, 0.6) is 5.75 Å². The molecule has 2 amide bonds. The lowest BCUT2D eigenvalue weighted by Gasteiger charge is -2.27. The average Bonchev–Trinajstić information content (AvgIpc) is 2.82. The fourth-order valence-electron chi connectivity index (χ4n) is 3.56. The standard InChI is InChI=1S/C23H25ClN2O6/c24-18-6-2-1-5-16(18)14-30-23(28)25-17-9-11-19-15(13-17)8-10-20(31-19)22(27)26-32-21-7-3-4-12-29-21/h1-2,5-6,9,11,13,20-21H,3-4,7-8,10,12,14H2,(H,25,28)(H,26,27). The number of carbonyl (C=O) groups excluding carboxylic acids is 2. The predicted molar refractivity (Wildman–Crippen MR) is 117 cm³/mol. The van der Waals surface area contributed by atoms with Crippen molar-refractivity contribution in [1.82, 2.24) is 5.48 Å². The van der Waals surface area contributed by atoms with Gasteiger partial charge in [0.2, 0.25) is 0 Å². The van der Waals surface area contributed by atoms with Crippen molar-refractivity contribution in [3.05, 3.63) is 58.6 Å². The zero-order valence-electron chi connectivity index (χ0n) is 17.5. The van der Waals surface area contributed by atoms with Gasteiger partial charge in [-0.3, -0.25) is 10.1 Å². The Bertz CT molecular complexity index is 963. The van der Waals surface area contributed by atoms with Crippen molar-refractivity contribution in [3.8, 4) is 5.75 Å². The van der Waals surface area contributed by atoms with Crippen molar-refractivity contribution in [2.24, 2.45) is 0 Å². The van der Waals surface area contributed by atoms with E-state index in [1.165, 1.54) is 0 Å². The summed E-state index contributed by atoms with van der Waals surface area (Å²) in [6.45, 7) is 0.710. The van der Waals surface area contributed by atoms with E-state index in [0.717, 1.165) is 30.4 Å². The third-order valence-corrected chi connectivity index (χ3v) is 5.66. The summed E-state index contributed by atoms with van der Waals surface area (Å²) in [5.74, 6) is 0.260. The fraction of sp³-hybridized carbons (Fsp3) is 0.391. The van der Waals surface area contributed by atoms with Crippen LogP contribution in [0.3, 0.4) is 0 Å². The third kappa shape index (κ3) is 5.91. The summed E-state index contributed by atoms with van der Waals surface area (Å²) in [5, 5.41) is 3.24. The highest BCUT2D eigenvalue weighted by atomic mass is 35.5. The molecule has 2 N–H and O–H groups in total. The lowest BCUT2D eigenvalue weighted by molar-refractivity contribution is -0.203. The smallest absolute Gasteiger partial charge is 0.411 e. The third-order valence-electron chi connectivity index (χ3n) is 5.29. The molecule has 0 bridgehead atoms. The number of fused-ring (bicyclic) bond motifs is 1. The van der Waals surface area contributed by atoms with Crippen molar-refractivity contribution in [2.75, 3.05) is 11.9 Å². The van der Waals surface area contributed by atoms with Crippen LogP contribution in [-0.2, 0) is 32.1 Å². The molecule has 0 radical (unpaired) electrons. The molecule has 2 heterocycles. The van der Waals surface area contributed by atoms with Crippen LogP contribution in [0.2, 0.25) is 5.02 Å². The van der Waals surface area contributed by atoms with Crippen molar-refractivity contribution in [1.29, 1.82) is 0 Å². The van der Waals surface area contributed by atoms with Crippen LogP contribution >= 0.6 is 11.6 Å². The van der Waals surface area contributed by atoms with Gasteiger partial charge in [-0.05, 0) is 55.5 Å². The van der Waals surface area contributed by atoms with E-state index in [4.69, 9.17) is 30.6 Å². The molecule has 8 nitrogen and oxygen atoms in total. The average molecular weight is 461 g/mol. The monoisotopic (exact) mass is 460 g/mol. The second-order valence-electron chi connectivity index (χ2n) is 7.64. The Balaban J connectivity index is 1.26. The summed E-state index contributed by atoms with van der Waals surface area (Å²) in [4.78, 5) is 29.8. The van der Waals surface area contributed by atoms with Gasteiger partial charge in [0, 0.05) is 29.3 Å². The number of carbonyl (C=O) groups is 2. The molecule has 2 aromatic rings. The molecule has 170 valence electrons. The molecule has 0 aliphatic carbocycles. The van der Waals surface area contributed by atoms with Gasteiger partial charge in [-0.1, -0.05) is 29.8 Å². The molecule has 0 saturated carbocycles. The molecule has 9 heteroatoms. The number of hydrogen-bond acceptors (Lipinski definition) is 6. The normalized spacial score (nSPS) is 19.9. The number of anilines is 1. The van der Waals surface area contributed by atoms with Gasteiger partial charge >= 0.3 is 6.09 Å². The number of nitrogens with one attached hydrogen (secondary N) is 2. The van der Waals surface area contributed by atoms with E-state index in [2.05, 4.69) is 10.8 Å². The summed E-state index contributed by atoms with van der Waals surface area (Å²) in [7, 11) is 0. The van der Waals surface area contributed by atoms with Crippen molar-refractivity contribution >= 4 is 29.3 Å². The number of benzene rings is 2. The Morgan fingerprint density at radius 3 is 2.81 bits per heavy atom. The molecule has 2 aliphatic heterocycles. The number of hydrogen-bond donors (Lipinski definition) is 2. The van der Waals surface area contributed by atoms with Crippen LogP contribution in [0, 0.1) is 0 Å². The first-order chi connectivity index (χ1) is 15.6. The zero-order chi connectivity index (χ0) is 22.3. The van der Waals surface area contributed by atoms with E-state index in [0.29, 0.717) is 35.9 Å². The Morgan fingerprint density at radius 2 is 2.00 bits per heavy atom. The zero-order valence-corrected chi connectivity index (χ0v) is 18.2. The maximum Gasteiger partial charge on any atom is 0.411 e. The van der Waals surface area contributed by atoms with Crippen LogP contribution < -0.4 is 15.5 Å². The fourth-order valence-corrected chi connectivity index (χ4v) is 3.75. The van der Waals surface area contributed by atoms with Crippen LogP contribution in [0.15, 0.2) is 42.5 Å². The Labute approximate surface area is 191 Å². The highest BCUT2D eigenvalue weighted by Gasteiger charge is 2.27. The van der Waals surface area contributed by atoms with E-state index in [9.17, 15) is 9.59 Å². The number of rotatable bonds is 6. The Morgan fingerprint density at radius 1 is 1.12 bits per heavy atom. The van der Waals surface area contributed by atoms with Gasteiger partial charge in [0.05, 0.1) is 0 Å². The molecule has 2 aliphatic rings. The van der Waals surface area contributed by atoms with E-state index >= 15 is 0 Å². The first-order valence-corrected chi connectivity index (χ1v) is 11.0. The largest absolute Gasteiger partial charge is 0.480 e. The van der Waals surface area contributed by atoms with Gasteiger partial charge < -0.3 is 14.2 Å². The molecule has 0 aromatic heterocycles. The van der Waals surface area contributed by atoms with Gasteiger partial charge in [-0.15, -0.1) is 0 Å². The number of hydroxylamine groups is 1. The molecule has 32 heavy (non-hydrogen) atoms. The van der Waals surface area contributed by atoms with Gasteiger partial charge in [0.1, 0.15) is 12.4 Å². The van der Waals surface area contributed by atoms with E-state index in [-0.39, 0.29) is 12.5 Å². The second-order valence-corrected chi connectivity index (χ2v) is 8.05.